The van der Waals surface area contributed by atoms with Crippen LogP contribution in [-0.2, 0) is 38.1 Å². The molecule has 5 unspecified atom stereocenters. The van der Waals surface area contributed by atoms with Crippen molar-refractivity contribution in [2.24, 2.45) is 40.4 Å². The van der Waals surface area contributed by atoms with Crippen LogP contribution in [0.15, 0.2) is 12.2 Å². The summed E-state index contributed by atoms with van der Waals surface area (Å²) in [4.78, 5) is 55.1. The first-order valence-electron chi connectivity index (χ1n) is 14.1. The van der Waals surface area contributed by atoms with Gasteiger partial charge in [0.1, 0.15) is 6.10 Å². The predicted octanol–water partition coefficient (Wildman–Crippen LogP) is 0.215. The fraction of sp³-hybridized carbons (Fsp3) is 0.793. The number of methoxy groups -OCH3 is 1. The van der Waals surface area contributed by atoms with Gasteiger partial charge in [-0.25, -0.2) is 4.79 Å². The van der Waals surface area contributed by atoms with Gasteiger partial charge in [-0.2, -0.15) is 0 Å². The second-order valence-corrected chi connectivity index (χ2v) is 13.8. The summed E-state index contributed by atoms with van der Waals surface area (Å²) in [5, 5.41) is 36.3. The third-order valence-corrected chi connectivity index (χ3v) is 12.6. The molecule has 14 atom stereocenters. The van der Waals surface area contributed by atoms with E-state index in [1.54, 1.807) is 26.8 Å². The normalized spacial score (nSPS) is 59.7. The Kier molecular flexibility index (Phi) is 4.95. The van der Waals surface area contributed by atoms with Gasteiger partial charge in [-0.15, -0.1) is 0 Å². The summed E-state index contributed by atoms with van der Waals surface area (Å²) < 4.78 is 23.7. The van der Waals surface area contributed by atoms with Crippen LogP contribution >= 0.6 is 0 Å². The van der Waals surface area contributed by atoms with Crippen molar-refractivity contribution >= 4 is 23.5 Å². The summed E-state index contributed by atoms with van der Waals surface area (Å²) >= 11 is 0. The first-order valence-corrected chi connectivity index (χ1v) is 14.1. The number of Topliss-reactive ketones (excluding diaryl/α,β-unsaturated/α-hetero) is 1. The summed E-state index contributed by atoms with van der Waals surface area (Å²) in [5.41, 5.74) is -8.65. The first kappa shape index (κ1) is 26.7. The summed E-state index contributed by atoms with van der Waals surface area (Å²) in [6.07, 6.45) is 0.168. The van der Waals surface area contributed by atoms with E-state index < -0.39 is 99.0 Å². The van der Waals surface area contributed by atoms with Crippen LogP contribution in [-0.4, -0.2) is 86.8 Å². The van der Waals surface area contributed by atoms with E-state index in [2.05, 4.69) is 0 Å². The lowest BCUT2D eigenvalue weighted by Gasteiger charge is -2.62. The molecule has 2 saturated carbocycles. The molecular formula is C29H36O11. The second-order valence-electron chi connectivity index (χ2n) is 13.8. The van der Waals surface area contributed by atoms with Crippen LogP contribution in [0.2, 0.25) is 0 Å². The number of hydrogen-bond donors (Lipinski definition) is 3. The van der Waals surface area contributed by atoms with Gasteiger partial charge >= 0.3 is 11.9 Å². The van der Waals surface area contributed by atoms with Gasteiger partial charge in [0.2, 0.25) is 5.79 Å². The van der Waals surface area contributed by atoms with Crippen LogP contribution in [0.3, 0.4) is 0 Å². The van der Waals surface area contributed by atoms with Gasteiger partial charge in [-0.1, -0.05) is 26.8 Å². The smallest absolute Gasteiger partial charge is 0.342 e. The molecule has 7 rings (SSSR count). The Morgan fingerprint density at radius 1 is 1.07 bits per heavy atom. The predicted molar refractivity (Wildman–Crippen MR) is 132 cm³/mol. The highest BCUT2D eigenvalue weighted by atomic mass is 16.7. The Balaban J connectivity index is 1.48. The second kappa shape index (κ2) is 7.42. The zero-order valence-corrected chi connectivity index (χ0v) is 23.2. The molecule has 11 heteroatoms. The molecular weight excluding hydrogens is 524 g/mol. The number of aliphatic hydroxyl groups excluding tert-OH is 1. The molecule has 3 aliphatic carbocycles. The Morgan fingerprint density at radius 3 is 2.45 bits per heavy atom. The maximum atomic E-state index is 14.7. The molecule has 3 N–H and O–H groups in total. The van der Waals surface area contributed by atoms with E-state index in [0.717, 1.165) is 0 Å². The largest absolute Gasteiger partial charge is 0.458 e. The van der Waals surface area contributed by atoms with E-state index in [1.807, 2.05) is 0 Å². The van der Waals surface area contributed by atoms with Gasteiger partial charge in [0.25, 0.3) is 0 Å². The third-order valence-electron chi connectivity index (χ3n) is 12.6. The van der Waals surface area contributed by atoms with Crippen LogP contribution in [0.5, 0.6) is 0 Å². The average Bonchev–Trinajstić information content (AvgIpc) is 3.25. The van der Waals surface area contributed by atoms with E-state index in [-0.39, 0.29) is 31.5 Å². The minimum Gasteiger partial charge on any atom is -0.458 e. The summed E-state index contributed by atoms with van der Waals surface area (Å²) in [5.74, 6) is -9.87. The topological polar surface area (TPSA) is 166 Å². The summed E-state index contributed by atoms with van der Waals surface area (Å²) in [6, 6.07) is 0. The number of rotatable bonds is 1. The molecule has 4 heterocycles. The summed E-state index contributed by atoms with van der Waals surface area (Å²) in [7, 11) is 1.48. The van der Waals surface area contributed by atoms with E-state index >= 15 is 0 Å². The van der Waals surface area contributed by atoms with Crippen LogP contribution in [0.4, 0.5) is 0 Å². The highest BCUT2D eigenvalue weighted by molar-refractivity contribution is 5.99. The molecule has 0 radical (unpaired) electrons. The van der Waals surface area contributed by atoms with E-state index in [4.69, 9.17) is 18.9 Å². The van der Waals surface area contributed by atoms with Crippen LogP contribution in [0.1, 0.15) is 53.4 Å². The van der Waals surface area contributed by atoms with Crippen molar-refractivity contribution < 1.29 is 53.4 Å². The average molecular weight is 561 g/mol. The number of allylic oxidation sites excluding steroid dienone is 1. The molecule has 4 saturated heterocycles. The minimum atomic E-state index is -2.58. The molecule has 4 bridgehead atoms. The molecule has 6 fully saturated rings. The molecule has 11 nitrogen and oxygen atoms in total. The number of aliphatic hydroxyl groups is 3. The lowest BCUT2D eigenvalue weighted by Crippen LogP contribution is -2.78. The number of hydrogen-bond acceptors (Lipinski definition) is 11. The number of ether oxygens (including phenoxy) is 4. The Labute approximate surface area is 231 Å². The molecule has 4 aliphatic heterocycles. The van der Waals surface area contributed by atoms with Gasteiger partial charge in [-0.05, 0) is 50.0 Å². The number of esters is 2. The standard InChI is InChI=1S/C29H36O11/c1-12-22(33)38-18-11-24(12,2)20-21(32)28(36)14-10-15(30)19-16(37-5)6-7-17(31)25(19,3)13(14)8-9-27(35)23(34)39-26(18,4)29(20,27)40-28/h6-7,12-16,18-20,30,35-36H,8-11H2,1-5H3/t12-,13?,14?,15?,16+,18+,19?,20?,24+,25-,26-,27-,28+,29-/m0/s1. The zero-order chi connectivity index (χ0) is 29.0. The van der Waals surface area contributed by atoms with E-state index in [0.29, 0.717) is 0 Å². The number of fused-ring (bicyclic) bond motifs is 9. The van der Waals surface area contributed by atoms with E-state index in [9.17, 15) is 34.5 Å². The molecule has 7 aliphatic rings. The SMILES string of the molecule is CO[C@@H]1C=CC(=O)[C@]2(C)C3CC[C@]4(O)C(=O)O[C@@]5(C)[C@H]6C[C@@](C)(C7C(=O)[C@](O)(O[C@@]754)C3CC(O)C12)[C@@H](C)C(=O)O6. The van der Waals surface area contributed by atoms with Crippen LogP contribution < -0.4 is 0 Å². The van der Waals surface area contributed by atoms with Crippen molar-refractivity contribution in [3.05, 3.63) is 12.2 Å². The van der Waals surface area contributed by atoms with Crippen LogP contribution in [0.25, 0.3) is 0 Å². The highest BCUT2D eigenvalue weighted by Crippen LogP contribution is 2.73. The summed E-state index contributed by atoms with van der Waals surface area (Å²) in [6.45, 7) is 6.54. The Morgan fingerprint density at radius 2 is 1.77 bits per heavy atom. The van der Waals surface area contributed by atoms with Crippen molar-refractivity contribution in [2.45, 2.75) is 94.3 Å². The van der Waals surface area contributed by atoms with Crippen LogP contribution in [0, 0.1) is 40.4 Å². The van der Waals surface area contributed by atoms with Gasteiger partial charge in [0.15, 0.2) is 28.4 Å². The molecule has 40 heavy (non-hydrogen) atoms. The van der Waals surface area contributed by atoms with Gasteiger partial charge in [-0.3, -0.25) is 14.4 Å². The molecule has 0 aromatic heterocycles. The van der Waals surface area contributed by atoms with Gasteiger partial charge in [0, 0.05) is 24.4 Å². The molecule has 218 valence electrons. The fourth-order valence-corrected chi connectivity index (χ4v) is 10.3. The number of carbonyl (C=O) groups excluding carboxylic acids is 4. The molecule has 0 amide bonds. The third kappa shape index (κ3) is 2.46. The fourth-order valence-electron chi connectivity index (χ4n) is 10.3. The van der Waals surface area contributed by atoms with Crippen molar-refractivity contribution in [2.75, 3.05) is 7.11 Å². The van der Waals surface area contributed by atoms with Crippen molar-refractivity contribution in [1.82, 2.24) is 0 Å². The highest BCUT2D eigenvalue weighted by Gasteiger charge is 2.92. The minimum absolute atomic E-state index is 0.0617. The first-order chi connectivity index (χ1) is 18.6. The molecule has 0 aromatic carbocycles. The number of carbonyl (C=O) groups is 4. The van der Waals surface area contributed by atoms with Gasteiger partial charge < -0.3 is 34.3 Å². The lowest BCUT2D eigenvalue weighted by atomic mass is 9.46. The van der Waals surface area contributed by atoms with Crippen molar-refractivity contribution in [3.63, 3.8) is 0 Å². The van der Waals surface area contributed by atoms with E-state index in [1.165, 1.54) is 20.1 Å². The molecule has 0 aromatic rings. The quantitative estimate of drug-likeness (QED) is 0.376. The Bertz CT molecular complexity index is 1290. The maximum Gasteiger partial charge on any atom is 0.342 e. The van der Waals surface area contributed by atoms with Gasteiger partial charge in [0.05, 0.1) is 24.0 Å². The monoisotopic (exact) mass is 560 g/mol. The Hall–Kier alpha value is -2.18. The molecule has 1 spiro atoms. The van der Waals surface area contributed by atoms with Crippen molar-refractivity contribution in [3.8, 4) is 0 Å². The van der Waals surface area contributed by atoms with Crippen molar-refractivity contribution in [1.29, 1.82) is 0 Å². The number of ketones is 2. The lowest BCUT2D eigenvalue weighted by molar-refractivity contribution is -0.352. The maximum absolute atomic E-state index is 14.7. The zero-order valence-electron chi connectivity index (χ0n) is 23.2.